The topological polar surface area (TPSA) is 229 Å². The zero-order chi connectivity index (χ0) is 67.4. The Labute approximate surface area is 541 Å². The fourth-order valence-corrected chi connectivity index (χ4v) is 12.8. The Hall–Kier alpha value is -7.93. The van der Waals surface area contributed by atoms with Gasteiger partial charge in [0.15, 0.2) is 5.78 Å². The Morgan fingerprint density at radius 1 is 0.774 bits per heavy atom. The van der Waals surface area contributed by atoms with Gasteiger partial charge in [-0.15, -0.1) is 0 Å². The van der Waals surface area contributed by atoms with Gasteiger partial charge < -0.3 is 49.6 Å². The summed E-state index contributed by atoms with van der Waals surface area (Å²) in [6.07, 6.45) is -0.382. The molecule has 7 amide bonds. The van der Waals surface area contributed by atoms with E-state index in [0.717, 1.165) is 34.2 Å². The molecular weight excluding hydrogens is 1200 g/mol. The lowest BCUT2D eigenvalue weighted by Gasteiger charge is -2.47. The molecule has 5 heterocycles. The highest BCUT2D eigenvalue weighted by atomic mass is 19.1. The Kier molecular flexibility index (Phi) is 21.5. The van der Waals surface area contributed by atoms with E-state index in [1.807, 2.05) is 45.9 Å². The highest BCUT2D eigenvalue weighted by molar-refractivity contribution is 6.04. The Balaban J connectivity index is 0.947. The van der Waals surface area contributed by atoms with Gasteiger partial charge in [0.05, 0.1) is 31.7 Å². The number of benzene rings is 4. The smallest absolute Gasteiger partial charge is 0.410 e. The van der Waals surface area contributed by atoms with Crippen LogP contribution in [-0.4, -0.2) is 193 Å². The fraction of sp³-hybridized carbons (Fsp3) is 0.536. The first-order chi connectivity index (χ1) is 43.9. The van der Waals surface area contributed by atoms with Crippen LogP contribution in [0, 0.1) is 23.4 Å². The number of hydrogen-bond acceptors (Lipinski definition) is 14. The van der Waals surface area contributed by atoms with Crippen molar-refractivity contribution < 1.29 is 70.5 Å². The SMILES string of the molecule is C[C@@H]1COCCN1C[C@H]1CN(C(=O)OC(C)(C)C)[C@H](C)CN1CC(=O)N1C[C@@](C)(C(=O)NCC(=O)Cc2ccc3c(c2)[C@@H](C(=O)Nc2c(F)cccc2F)N(C(=O)[C@@H](NC(=O)[C@H](C)N(C)C(=O)OC(C)(C)C)C2CCOCC2)C3)c2ccc(Cc3ccc(F)cc3)cc21. The van der Waals surface area contributed by atoms with Crippen LogP contribution in [0.15, 0.2) is 78.9 Å². The predicted octanol–water partition coefficient (Wildman–Crippen LogP) is 7.45. The van der Waals surface area contributed by atoms with Crippen molar-refractivity contribution in [1.82, 2.24) is 35.1 Å². The molecule has 0 aliphatic carbocycles. The average Bonchev–Trinajstić information content (AvgIpc) is 1.61. The number of rotatable bonds is 18. The first kappa shape index (κ1) is 69.4. The third kappa shape index (κ3) is 16.5. The van der Waals surface area contributed by atoms with E-state index in [0.29, 0.717) is 81.0 Å². The lowest BCUT2D eigenvalue weighted by molar-refractivity contribution is -0.144. The molecule has 0 saturated carbocycles. The van der Waals surface area contributed by atoms with Crippen LogP contribution >= 0.6 is 0 Å². The van der Waals surface area contributed by atoms with Gasteiger partial charge in [0.1, 0.15) is 52.5 Å². The molecule has 21 nitrogen and oxygen atoms in total. The summed E-state index contributed by atoms with van der Waals surface area (Å²) in [6, 6.07) is 15.2. The number of nitrogens with one attached hydrogen (secondary N) is 3. The Bertz CT molecular complexity index is 3440. The molecule has 24 heteroatoms. The lowest BCUT2D eigenvalue weighted by atomic mass is 9.83. The van der Waals surface area contributed by atoms with Crippen molar-refractivity contribution in [1.29, 1.82) is 0 Å². The van der Waals surface area contributed by atoms with Crippen LogP contribution in [0.3, 0.4) is 0 Å². The van der Waals surface area contributed by atoms with E-state index in [2.05, 4.69) is 32.7 Å². The number of para-hydroxylation sites is 1. The van der Waals surface area contributed by atoms with Crippen molar-refractivity contribution in [3.63, 3.8) is 0 Å². The summed E-state index contributed by atoms with van der Waals surface area (Å²) in [4.78, 5) is 125. The molecule has 4 aromatic rings. The lowest BCUT2D eigenvalue weighted by Crippen LogP contribution is -2.64. The number of likely N-dealkylation sites (N-methyl/N-ethyl adjacent to an activating group) is 1. The first-order valence-electron chi connectivity index (χ1n) is 31.9. The zero-order valence-corrected chi connectivity index (χ0v) is 55.1. The molecule has 7 atom stereocenters. The molecule has 3 N–H and O–H groups in total. The number of hydrogen-bond donors (Lipinski definition) is 3. The van der Waals surface area contributed by atoms with Crippen LogP contribution in [0.5, 0.6) is 0 Å². The summed E-state index contributed by atoms with van der Waals surface area (Å²) in [5.74, 6) is -6.62. The van der Waals surface area contributed by atoms with Gasteiger partial charge in [0, 0.05) is 89.8 Å². The van der Waals surface area contributed by atoms with Gasteiger partial charge in [-0.2, -0.15) is 0 Å². The second kappa shape index (κ2) is 28.7. The van der Waals surface area contributed by atoms with Gasteiger partial charge in [0.2, 0.25) is 23.6 Å². The minimum absolute atomic E-state index is 0.0511. The number of halogens is 3. The van der Waals surface area contributed by atoms with Crippen LogP contribution in [0.4, 0.5) is 34.1 Å². The van der Waals surface area contributed by atoms with Crippen LogP contribution in [0.2, 0.25) is 0 Å². The number of carbonyl (C=O) groups excluding carboxylic acids is 8. The van der Waals surface area contributed by atoms with Gasteiger partial charge >= 0.3 is 12.2 Å². The highest BCUT2D eigenvalue weighted by Gasteiger charge is 2.49. The van der Waals surface area contributed by atoms with Crippen molar-refractivity contribution >= 4 is 58.9 Å². The number of piperazine rings is 1. The molecule has 4 aromatic carbocycles. The molecular formula is C69H88F3N9O12. The summed E-state index contributed by atoms with van der Waals surface area (Å²) < 4.78 is 67.2. The molecule has 5 aliphatic heterocycles. The fourth-order valence-electron chi connectivity index (χ4n) is 12.8. The van der Waals surface area contributed by atoms with Crippen LogP contribution < -0.4 is 20.9 Å². The van der Waals surface area contributed by atoms with Crippen LogP contribution in [-0.2, 0) is 72.5 Å². The number of anilines is 2. The number of morpholine rings is 1. The van der Waals surface area contributed by atoms with Gasteiger partial charge in [-0.05, 0) is 158 Å². The number of ether oxygens (including phenoxy) is 4. The molecule has 0 radical (unpaired) electrons. The van der Waals surface area contributed by atoms with Crippen LogP contribution in [0.1, 0.15) is 122 Å². The molecule has 93 heavy (non-hydrogen) atoms. The first-order valence-corrected chi connectivity index (χ1v) is 31.9. The standard InChI is InChI=1S/C69H88F3N9O12/c1-41-34-78(50(36-77-25-28-91-39-42(77)2)37-79(41)66(89)93-68(7,8)9)38-57(83)81-40-69(10,53-22-18-45(32-56(53)81)29-44-16-20-49(70)21-17-44)64(87)73-33-51(82)30-46-15-19-48-35-80(60(52(48)31-46)62(85)75-59-54(71)13-12-14-55(59)72)63(86)58(47-23-26-90-27-24-47)74-61(84)43(3)76(11)65(88)92-67(4,5)6/h12-22,31-32,41-43,47,50,58,60H,23-30,33-40H2,1-11H3,(H,73,87)(H,74,84)(H,75,85)/t41-,42-,43+,50+,58+,60+,69-/m1/s1. The number of Topliss-reactive ketones (excluding diaryl/α,β-unsaturated/α-hetero) is 1. The summed E-state index contributed by atoms with van der Waals surface area (Å²) in [5, 5.41) is 8.06. The van der Waals surface area contributed by atoms with Gasteiger partial charge in [-0.25, -0.2) is 22.8 Å². The molecule has 0 aromatic heterocycles. The zero-order valence-electron chi connectivity index (χ0n) is 55.1. The van der Waals surface area contributed by atoms with Gasteiger partial charge in [0.25, 0.3) is 5.91 Å². The molecule has 0 unspecified atom stereocenters. The number of amides is 7. The maximum atomic E-state index is 15.2. The van der Waals surface area contributed by atoms with E-state index < -0.39 is 106 Å². The Morgan fingerprint density at radius 2 is 1.44 bits per heavy atom. The highest BCUT2D eigenvalue weighted by Crippen LogP contribution is 2.43. The van der Waals surface area contributed by atoms with E-state index in [1.165, 1.54) is 31.0 Å². The molecule has 502 valence electrons. The number of ketones is 1. The largest absolute Gasteiger partial charge is 0.444 e. The normalized spacial score (nSPS) is 21.8. The third-order valence-electron chi connectivity index (χ3n) is 18.1. The predicted molar refractivity (Wildman–Crippen MR) is 340 cm³/mol. The summed E-state index contributed by atoms with van der Waals surface area (Å²) >= 11 is 0. The number of fused-ring (bicyclic) bond motifs is 2. The second-order valence-electron chi connectivity index (χ2n) is 27.5. The van der Waals surface area contributed by atoms with Gasteiger partial charge in [-0.3, -0.25) is 43.5 Å². The maximum Gasteiger partial charge on any atom is 0.410 e. The van der Waals surface area contributed by atoms with Crippen molar-refractivity contribution in [3.8, 4) is 0 Å². The molecule has 0 spiro atoms. The van der Waals surface area contributed by atoms with Crippen molar-refractivity contribution in [2.45, 2.75) is 154 Å². The van der Waals surface area contributed by atoms with E-state index in [4.69, 9.17) is 18.9 Å². The molecule has 5 aliphatic rings. The Morgan fingerprint density at radius 3 is 2.11 bits per heavy atom. The second-order valence-corrected chi connectivity index (χ2v) is 27.5. The molecule has 3 saturated heterocycles. The number of carbonyl (C=O) groups is 8. The van der Waals surface area contributed by atoms with Crippen molar-refractivity contribution in [2.75, 3.05) is 89.5 Å². The summed E-state index contributed by atoms with van der Waals surface area (Å²) in [6.45, 7) is 20.4. The van der Waals surface area contributed by atoms with E-state index in [-0.39, 0.29) is 74.7 Å². The molecule has 0 bridgehead atoms. The third-order valence-corrected chi connectivity index (χ3v) is 18.1. The van der Waals surface area contributed by atoms with E-state index in [9.17, 15) is 33.2 Å². The van der Waals surface area contributed by atoms with Crippen molar-refractivity contribution in [3.05, 3.63) is 130 Å². The molecule has 3 fully saturated rings. The summed E-state index contributed by atoms with van der Waals surface area (Å²) in [7, 11) is 1.39. The maximum absolute atomic E-state index is 15.2. The van der Waals surface area contributed by atoms with Crippen molar-refractivity contribution in [2.24, 2.45) is 5.92 Å². The minimum atomic E-state index is -1.53. The quantitative estimate of drug-likeness (QED) is 0.0880. The average molecular weight is 1290 g/mol. The molecule has 9 rings (SSSR count). The van der Waals surface area contributed by atoms with Gasteiger partial charge in [-0.1, -0.05) is 48.5 Å². The number of nitrogens with zero attached hydrogens (tertiary/aromatic N) is 6. The van der Waals surface area contributed by atoms with Crippen LogP contribution in [0.25, 0.3) is 0 Å². The minimum Gasteiger partial charge on any atom is -0.444 e. The monoisotopic (exact) mass is 1290 g/mol. The van der Waals surface area contributed by atoms with E-state index in [1.54, 1.807) is 67.8 Å². The summed E-state index contributed by atoms with van der Waals surface area (Å²) in [5.41, 5.74) is 0.0777. The van der Waals surface area contributed by atoms with E-state index >= 15 is 18.4 Å².